The highest BCUT2D eigenvalue weighted by atomic mass is 35.5. The summed E-state index contributed by atoms with van der Waals surface area (Å²) in [6.45, 7) is 5.15. The molecule has 31 heavy (non-hydrogen) atoms. The number of nitrogens with zero attached hydrogens (tertiary/aromatic N) is 4. The molecule has 1 fully saturated rings. The molecule has 2 N–H and O–H groups in total. The van der Waals surface area contributed by atoms with Crippen LogP contribution in [0.4, 0.5) is 5.95 Å². The maximum atomic E-state index is 13.1. The number of piperidine rings is 1. The molecule has 1 saturated heterocycles. The van der Waals surface area contributed by atoms with Crippen LogP contribution in [0.15, 0.2) is 42.6 Å². The zero-order valence-corrected chi connectivity index (χ0v) is 18.6. The third-order valence-corrected chi connectivity index (χ3v) is 6.11. The summed E-state index contributed by atoms with van der Waals surface area (Å²) in [6, 6.07) is 12.2. The molecule has 3 heterocycles. The number of likely N-dealkylation sites (tertiary alicyclic amines) is 1. The Balaban J connectivity index is 1.55. The summed E-state index contributed by atoms with van der Waals surface area (Å²) in [7, 11) is 0. The lowest BCUT2D eigenvalue weighted by Crippen LogP contribution is -2.39. The first kappa shape index (κ1) is 21.2. The smallest absolute Gasteiger partial charge is 0.257 e. The van der Waals surface area contributed by atoms with Gasteiger partial charge in [-0.15, -0.1) is 0 Å². The fourth-order valence-corrected chi connectivity index (χ4v) is 4.41. The van der Waals surface area contributed by atoms with Crippen molar-refractivity contribution in [2.24, 2.45) is 0 Å². The molecule has 0 spiro atoms. The van der Waals surface area contributed by atoms with Gasteiger partial charge in [-0.3, -0.25) is 9.78 Å². The number of nitrogen functional groups attached to an aromatic ring is 1. The molecule has 0 unspecified atom stereocenters. The Morgan fingerprint density at radius 3 is 2.81 bits per heavy atom. The van der Waals surface area contributed by atoms with E-state index in [1.807, 2.05) is 30.0 Å². The van der Waals surface area contributed by atoms with E-state index in [1.54, 1.807) is 6.92 Å². The summed E-state index contributed by atoms with van der Waals surface area (Å²) in [5.41, 5.74) is 11.0. The second kappa shape index (κ2) is 9.02. The molecule has 0 aliphatic carbocycles. The molecule has 1 aromatic carbocycles. The SMILES string of the molecule is Cc1cc(Cc2ccccc2Cl)cc([C@H]2CCCN(C(=O)c3cnc(N)nc3C)C2)n1. The predicted octanol–water partition coefficient (Wildman–Crippen LogP) is 4.33. The van der Waals surface area contributed by atoms with Crippen LogP contribution in [0.1, 0.15) is 57.3 Å². The number of aryl methyl sites for hydroxylation is 2. The van der Waals surface area contributed by atoms with E-state index < -0.39 is 0 Å². The van der Waals surface area contributed by atoms with E-state index in [0.29, 0.717) is 17.8 Å². The van der Waals surface area contributed by atoms with Gasteiger partial charge in [0, 0.05) is 41.6 Å². The number of rotatable bonds is 4. The average Bonchev–Trinajstić information content (AvgIpc) is 2.75. The van der Waals surface area contributed by atoms with Crippen molar-refractivity contribution < 1.29 is 4.79 Å². The standard InChI is InChI=1S/C24H26ClN5O/c1-15-10-17(11-18-6-3-4-8-21(18)25)12-22(28-15)19-7-5-9-30(14-19)23(31)20-13-27-24(26)29-16(20)2/h3-4,6,8,10,12-13,19H,5,7,9,11,14H2,1-2H3,(H2,26,27,29)/t19-/m0/s1. The van der Waals surface area contributed by atoms with Gasteiger partial charge in [0.2, 0.25) is 5.95 Å². The normalized spacial score (nSPS) is 16.4. The Morgan fingerprint density at radius 2 is 2.03 bits per heavy atom. The fraction of sp³-hybridized carbons (Fsp3) is 0.333. The second-order valence-electron chi connectivity index (χ2n) is 8.13. The number of hydrogen-bond donors (Lipinski definition) is 1. The number of aromatic nitrogens is 3. The van der Waals surface area contributed by atoms with Gasteiger partial charge in [0.25, 0.3) is 5.91 Å². The van der Waals surface area contributed by atoms with Gasteiger partial charge < -0.3 is 10.6 Å². The van der Waals surface area contributed by atoms with Crippen molar-refractivity contribution in [3.05, 3.63) is 81.4 Å². The number of nitrogens with two attached hydrogens (primary N) is 1. The van der Waals surface area contributed by atoms with Crippen molar-refractivity contribution in [1.29, 1.82) is 0 Å². The Bertz CT molecular complexity index is 1120. The monoisotopic (exact) mass is 435 g/mol. The summed E-state index contributed by atoms with van der Waals surface area (Å²) in [6.07, 6.45) is 4.22. The number of halogens is 1. The van der Waals surface area contributed by atoms with Gasteiger partial charge >= 0.3 is 0 Å². The van der Waals surface area contributed by atoms with Crippen LogP contribution in [-0.4, -0.2) is 38.8 Å². The highest BCUT2D eigenvalue weighted by Crippen LogP contribution is 2.29. The van der Waals surface area contributed by atoms with E-state index in [1.165, 1.54) is 11.8 Å². The summed E-state index contributed by atoms with van der Waals surface area (Å²) in [4.78, 5) is 27.9. The van der Waals surface area contributed by atoms with E-state index in [9.17, 15) is 4.79 Å². The zero-order chi connectivity index (χ0) is 22.0. The van der Waals surface area contributed by atoms with Crippen molar-refractivity contribution in [2.75, 3.05) is 18.8 Å². The molecule has 4 rings (SSSR count). The first-order chi connectivity index (χ1) is 14.9. The third kappa shape index (κ3) is 4.85. The van der Waals surface area contributed by atoms with Gasteiger partial charge in [-0.1, -0.05) is 29.8 Å². The summed E-state index contributed by atoms with van der Waals surface area (Å²) < 4.78 is 0. The highest BCUT2D eigenvalue weighted by Gasteiger charge is 2.28. The molecule has 1 amide bonds. The summed E-state index contributed by atoms with van der Waals surface area (Å²) in [5, 5.41) is 0.772. The van der Waals surface area contributed by atoms with E-state index in [2.05, 4.69) is 28.2 Å². The molecule has 7 heteroatoms. The molecule has 3 aromatic rings. The number of anilines is 1. The first-order valence-electron chi connectivity index (χ1n) is 10.5. The molecular formula is C24H26ClN5O. The topological polar surface area (TPSA) is 85.0 Å². The quantitative estimate of drug-likeness (QED) is 0.659. The minimum atomic E-state index is -0.0499. The summed E-state index contributed by atoms with van der Waals surface area (Å²) in [5.74, 6) is 0.323. The fourth-order valence-electron chi connectivity index (χ4n) is 4.21. The Hall–Kier alpha value is -2.99. The number of pyridine rings is 1. The van der Waals surface area contributed by atoms with Crippen LogP contribution >= 0.6 is 11.6 Å². The van der Waals surface area contributed by atoms with Crippen LogP contribution in [-0.2, 0) is 6.42 Å². The maximum absolute atomic E-state index is 13.1. The molecular weight excluding hydrogens is 410 g/mol. The zero-order valence-electron chi connectivity index (χ0n) is 17.8. The molecule has 6 nitrogen and oxygen atoms in total. The van der Waals surface area contributed by atoms with Crippen molar-refractivity contribution in [3.8, 4) is 0 Å². The minimum absolute atomic E-state index is 0.0499. The van der Waals surface area contributed by atoms with E-state index in [-0.39, 0.29) is 17.8 Å². The van der Waals surface area contributed by atoms with Gasteiger partial charge in [0.1, 0.15) is 0 Å². The lowest BCUT2D eigenvalue weighted by Gasteiger charge is -2.33. The van der Waals surface area contributed by atoms with Crippen LogP contribution in [0.2, 0.25) is 5.02 Å². The number of hydrogen-bond acceptors (Lipinski definition) is 5. The molecule has 1 atom stereocenters. The van der Waals surface area contributed by atoms with Crippen LogP contribution in [0.5, 0.6) is 0 Å². The highest BCUT2D eigenvalue weighted by molar-refractivity contribution is 6.31. The number of carbonyl (C=O) groups excluding carboxylic acids is 1. The van der Waals surface area contributed by atoms with E-state index in [0.717, 1.165) is 47.8 Å². The Morgan fingerprint density at radius 1 is 1.23 bits per heavy atom. The van der Waals surface area contributed by atoms with Crippen molar-refractivity contribution in [2.45, 2.75) is 39.0 Å². The Labute approximate surface area is 187 Å². The van der Waals surface area contributed by atoms with Crippen molar-refractivity contribution in [3.63, 3.8) is 0 Å². The van der Waals surface area contributed by atoms with Gasteiger partial charge in [0.15, 0.2) is 0 Å². The second-order valence-corrected chi connectivity index (χ2v) is 8.53. The van der Waals surface area contributed by atoms with Gasteiger partial charge in [0.05, 0.1) is 11.3 Å². The number of carbonyl (C=O) groups is 1. The van der Waals surface area contributed by atoms with Crippen LogP contribution in [0, 0.1) is 13.8 Å². The lowest BCUT2D eigenvalue weighted by molar-refractivity contribution is 0.0704. The molecule has 1 aliphatic heterocycles. The minimum Gasteiger partial charge on any atom is -0.368 e. The van der Waals surface area contributed by atoms with E-state index in [4.69, 9.17) is 22.3 Å². The van der Waals surface area contributed by atoms with Crippen molar-refractivity contribution in [1.82, 2.24) is 19.9 Å². The van der Waals surface area contributed by atoms with Crippen LogP contribution in [0.25, 0.3) is 0 Å². The van der Waals surface area contributed by atoms with Crippen LogP contribution in [0.3, 0.4) is 0 Å². The first-order valence-corrected chi connectivity index (χ1v) is 10.9. The van der Waals surface area contributed by atoms with Gasteiger partial charge in [-0.2, -0.15) is 0 Å². The Kier molecular flexibility index (Phi) is 6.18. The van der Waals surface area contributed by atoms with Crippen LogP contribution < -0.4 is 5.73 Å². The van der Waals surface area contributed by atoms with Crippen molar-refractivity contribution >= 4 is 23.5 Å². The lowest BCUT2D eigenvalue weighted by atomic mass is 9.92. The number of amides is 1. The molecule has 2 aromatic heterocycles. The largest absolute Gasteiger partial charge is 0.368 e. The third-order valence-electron chi connectivity index (χ3n) is 5.74. The maximum Gasteiger partial charge on any atom is 0.257 e. The van der Waals surface area contributed by atoms with Gasteiger partial charge in [-0.05, 0) is 62.4 Å². The molecule has 1 aliphatic rings. The molecule has 0 radical (unpaired) electrons. The predicted molar refractivity (Wildman–Crippen MR) is 122 cm³/mol. The van der Waals surface area contributed by atoms with E-state index >= 15 is 0 Å². The average molecular weight is 436 g/mol. The molecule has 0 saturated carbocycles. The molecule has 160 valence electrons. The summed E-state index contributed by atoms with van der Waals surface area (Å²) >= 11 is 6.36. The number of benzene rings is 1. The molecule has 0 bridgehead atoms. The van der Waals surface area contributed by atoms with Gasteiger partial charge in [-0.25, -0.2) is 9.97 Å².